The van der Waals surface area contributed by atoms with Crippen LogP contribution in [-0.2, 0) is 0 Å². The molecule has 2 rings (SSSR count). The fourth-order valence-electron chi connectivity index (χ4n) is 4.45. The third kappa shape index (κ3) is 4.43. The zero-order chi connectivity index (χ0) is 15.2. The summed E-state index contributed by atoms with van der Waals surface area (Å²) in [5.41, 5.74) is 6.08. The van der Waals surface area contributed by atoms with E-state index in [4.69, 9.17) is 5.73 Å². The first kappa shape index (κ1) is 17.2. The van der Waals surface area contributed by atoms with Crippen molar-refractivity contribution in [1.29, 1.82) is 0 Å². The van der Waals surface area contributed by atoms with Crippen molar-refractivity contribution in [3.05, 3.63) is 0 Å². The van der Waals surface area contributed by atoms with Gasteiger partial charge < -0.3 is 5.73 Å². The number of hydrogen-bond acceptors (Lipinski definition) is 3. The second kappa shape index (κ2) is 8.50. The van der Waals surface area contributed by atoms with Crippen LogP contribution in [0.2, 0.25) is 0 Å². The van der Waals surface area contributed by atoms with Crippen LogP contribution >= 0.6 is 0 Å². The molecule has 3 heteroatoms. The molecule has 1 saturated carbocycles. The Morgan fingerprint density at radius 1 is 1.10 bits per heavy atom. The van der Waals surface area contributed by atoms with E-state index in [0.29, 0.717) is 0 Å². The highest BCUT2D eigenvalue weighted by atomic mass is 15.3. The van der Waals surface area contributed by atoms with Gasteiger partial charge in [0.25, 0.3) is 0 Å². The topological polar surface area (TPSA) is 32.5 Å². The lowest BCUT2D eigenvalue weighted by atomic mass is 9.75. The van der Waals surface area contributed by atoms with Gasteiger partial charge in [-0.3, -0.25) is 9.80 Å². The first-order chi connectivity index (χ1) is 10.2. The van der Waals surface area contributed by atoms with E-state index in [9.17, 15) is 0 Å². The molecular formula is C18H37N3. The number of hydrogen-bond donors (Lipinski definition) is 1. The highest BCUT2D eigenvalue weighted by Gasteiger charge is 2.35. The van der Waals surface area contributed by atoms with Crippen LogP contribution in [0.1, 0.15) is 59.3 Å². The Bertz CT molecular complexity index is 286. The molecule has 124 valence electrons. The van der Waals surface area contributed by atoms with E-state index in [0.717, 1.165) is 30.5 Å². The van der Waals surface area contributed by atoms with E-state index in [-0.39, 0.29) is 0 Å². The van der Waals surface area contributed by atoms with E-state index in [1.54, 1.807) is 0 Å². The summed E-state index contributed by atoms with van der Waals surface area (Å²) < 4.78 is 0. The highest BCUT2D eigenvalue weighted by molar-refractivity contribution is 4.90. The molecule has 3 nitrogen and oxygen atoms in total. The van der Waals surface area contributed by atoms with Crippen molar-refractivity contribution in [3.8, 4) is 0 Å². The summed E-state index contributed by atoms with van der Waals surface area (Å²) in [6.07, 6.45) is 8.20. The molecule has 21 heavy (non-hydrogen) atoms. The van der Waals surface area contributed by atoms with Gasteiger partial charge in [-0.15, -0.1) is 0 Å². The van der Waals surface area contributed by atoms with Gasteiger partial charge in [-0.05, 0) is 44.6 Å². The molecule has 2 fully saturated rings. The van der Waals surface area contributed by atoms with Crippen LogP contribution in [0.3, 0.4) is 0 Å². The molecule has 2 aliphatic rings. The van der Waals surface area contributed by atoms with E-state index < -0.39 is 0 Å². The van der Waals surface area contributed by atoms with E-state index >= 15 is 0 Å². The Kier molecular flexibility index (Phi) is 6.97. The Balaban J connectivity index is 1.89. The van der Waals surface area contributed by atoms with Gasteiger partial charge in [0, 0.05) is 38.3 Å². The van der Waals surface area contributed by atoms with Crippen molar-refractivity contribution >= 4 is 0 Å². The maximum Gasteiger partial charge on any atom is 0.0139 e. The number of nitrogens with two attached hydrogens (primary N) is 1. The molecule has 0 amide bonds. The van der Waals surface area contributed by atoms with Gasteiger partial charge >= 0.3 is 0 Å². The van der Waals surface area contributed by atoms with Crippen LogP contribution in [-0.4, -0.2) is 54.6 Å². The smallest absolute Gasteiger partial charge is 0.0139 e. The van der Waals surface area contributed by atoms with Crippen LogP contribution < -0.4 is 5.73 Å². The van der Waals surface area contributed by atoms with E-state index in [2.05, 4.69) is 30.6 Å². The van der Waals surface area contributed by atoms with E-state index in [1.165, 1.54) is 64.7 Å². The second-order valence-electron chi connectivity index (χ2n) is 7.36. The summed E-state index contributed by atoms with van der Waals surface area (Å²) in [5.74, 6) is 1.70. The molecule has 1 aliphatic carbocycles. The second-order valence-corrected chi connectivity index (χ2v) is 7.36. The number of piperazine rings is 1. The average Bonchev–Trinajstić information content (AvgIpc) is 2.54. The van der Waals surface area contributed by atoms with Crippen LogP contribution in [0.5, 0.6) is 0 Å². The fraction of sp³-hybridized carbons (Fsp3) is 1.00. The minimum Gasteiger partial charge on any atom is -0.330 e. The zero-order valence-electron chi connectivity index (χ0n) is 14.6. The predicted molar refractivity (Wildman–Crippen MR) is 91.5 cm³/mol. The molecule has 1 aliphatic heterocycles. The van der Waals surface area contributed by atoms with Gasteiger partial charge in [-0.1, -0.05) is 33.1 Å². The molecule has 0 aromatic carbocycles. The summed E-state index contributed by atoms with van der Waals surface area (Å²) >= 11 is 0. The van der Waals surface area contributed by atoms with Crippen LogP contribution in [0.15, 0.2) is 0 Å². The molecule has 1 saturated heterocycles. The quantitative estimate of drug-likeness (QED) is 0.818. The molecular weight excluding hydrogens is 258 g/mol. The summed E-state index contributed by atoms with van der Waals surface area (Å²) in [6.45, 7) is 12.9. The summed E-state index contributed by atoms with van der Waals surface area (Å²) in [7, 11) is 0. The Morgan fingerprint density at radius 3 is 2.38 bits per heavy atom. The third-order valence-corrected chi connectivity index (χ3v) is 6.10. The van der Waals surface area contributed by atoms with Gasteiger partial charge in [-0.2, -0.15) is 0 Å². The van der Waals surface area contributed by atoms with Crippen molar-refractivity contribution in [2.24, 2.45) is 17.6 Å². The maximum atomic E-state index is 6.08. The molecule has 0 spiro atoms. The fourth-order valence-corrected chi connectivity index (χ4v) is 4.45. The van der Waals surface area contributed by atoms with Crippen molar-refractivity contribution in [2.75, 3.05) is 32.7 Å². The first-order valence-corrected chi connectivity index (χ1v) is 9.37. The standard InChI is InChI=1S/C18H37N3/c1-4-6-16-7-8-17(14-19)18(13-16)21-11-9-20(10-12-21)15(3)5-2/h15-18H,4-14,19H2,1-3H3. The number of rotatable bonds is 6. The largest absolute Gasteiger partial charge is 0.330 e. The van der Waals surface area contributed by atoms with Crippen molar-refractivity contribution < 1.29 is 0 Å². The molecule has 0 radical (unpaired) electrons. The van der Waals surface area contributed by atoms with Gasteiger partial charge in [0.15, 0.2) is 0 Å². The SMILES string of the molecule is CCCC1CCC(CN)C(N2CCN(C(C)CC)CC2)C1. The van der Waals surface area contributed by atoms with Crippen LogP contribution in [0.4, 0.5) is 0 Å². The lowest BCUT2D eigenvalue weighted by Crippen LogP contribution is -2.56. The van der Waals surface area contributed by atoms with Crippen LogP contribution in [0.25, 0.3) is 0 Å². The summed E-state index contributed by atoms with van der Waals surface area (Å²) in [5, 5.41) is 0. The minimum atomic E-state index is 0.744. The highest BCUT2D eigenvalue weighted by Crippen LogP contribution is 2.34. The summed E-state index contributed by atoms with van der Waals surface area (Å²) in [6, 6.07) is 1.51. The normalized spacial score (nSPS) is 34.0. The molecule has 0 aromatic heterocycles. The van der Waals surface area contributed by atoms with Crippen molar-refractivity contribution in [3.63, 3.8) is 0 Å². The Labute approximate surface area is 132 Å². The monoisotopic (exact) mass is 295 g/mol. The third-order valence-electron chi connectivity index (χ3n) is 6.10. The van der Waals surface area contributed by atoms with Gasteiger partial charge in [-0.25, -0.2) is 0 Å². The van der Waals surface area contributed by atoms with Gasteiger partial charge in [0.2, 0.25) is 0 Å². The molecule has 4 atom stereocenters. The summed E-state index contributed by atoms with van der Waals surface area (Å²) in [4.78, 5) is 5.44. The van der Waals surface area contributed by atoms with Crippen LogP contribution in [0, 0.1) is 11.8 Å². The molecule has 4 unspecified atom stereocenters. The van der Waals surface area contributed by atoms with Gasteiger partial charge in [0.1, 0.15) is 0 Å². The van der Waals surface area contributed by atoms with Gasteiger partial charge in [0.05, 0.1) is 0 Å². The maximum absolute atomic E-state index is 6.08. The molecule has 0 bridgehead atoms. The average molecular weight is 296 g/mol. The predicted octanol–water partition coefficient (Wildman–Crippen LogP) is 2.95. The molecule has 0 aromatic rings. The first-order valence-electron chi connectivity index (χ1n) is 9.37. The van der Waals surface area contributed by atoms with Crippen molar-refractivity contribution in [1.82, 2.24) is 9.80 Å². The lowest BCUT2D eigenvalue weighted by Gasteiger charge is -2.47. The Morgan fingerprint density at radius 2 is 1.81 bits per heavy atom. The number of nitrogens with zero attached hydrogens (tertiary/aromatic N) is 2. The zero-order valence-corrected chi connectivity index (χ0v) is 14.6. The Hall–Kier alpha value is -0.120. The van der Waals surface area contributed by atoms with E-state index in [1.807, 2.05) is 0 Å². The molecule has 1 heterocycles. The van der Waals surface area contributed by atoms with Crippen molar-refractivity contribution in [2.45, 2.75) is 71.4 Å². The molecule has 2 N–H and O–H groups in total. The lowest BCUT2D eigenvalue weighted by molar-refractivity contribution is 0.0245. The minimum absolute atomic E-state index is 0.744.